The van der Waals surface area contributed by atoms with Crippen molar-refractivity contribution in [3.8, 4) is 0 Å². The molecular weight excluding hydrogens is 733 g/mol. The van der Waals surface area contributed by atoms with Crippen molar-refractivity contribution in [3.63, 3.8) is 0 Å². The van der Waals surface area contributed by atoms with Crippen LogP contribution in [0.4, 0.5) is 0 Å². The lowest BCUT2D eigenvalue weighted by molar-refractivity contribution is -0.249. The predicted octanol–water partition coefficient (Wildman–Crippen LogP) is 9.01. The molecule has 324 valence electrons. The van der Waals surface area contributed by atoms with Crippen LogP contribution in [0, 0.1) is 79.8 Å². The molecule has 1 heterocycles. The Bertz CT molecular complexity index is 1690. The number of carbonyl (C=O) groups excluding carboxylic acids is 1. The number of nitrogens with one attached hydrogen (secondary N) is 1. The average molecular weight is 813 g/mol. The highest BCUT2D eigenvalue weighted by atomic mass is 32.2. The van der Waals surface area contributed by atoms with E-state index < -0.39 is 27.1 Å². The van der Waals surface area contributed by atoms with Gasteiger partial charge in [0.1, 0.15) is 6.10 Å². The molecular formula is C48H80N2O6S. The SMILES string of the molecule is CC(C)[C@@H](CN[C@]12CC[C@@H](CC3(C)CC3)[C@@H]1[C@H]1CC[C@@H]3[C@@]4(C)CC[C@H](OC(=O)[C@H]5C[C@@H](C(=O)O)C5(C)C)C(C)(C)[C@@H]4CC[C@@]3(C)[C@]1(C)CC2)N1CCS(=O)(=O)CC1. The lowest BCUT2D eigenvalue weighted by atomic mass is 9.32. The monoisotopic (exact) mass is 813 g/mol. The molecule has 13 atom stereocenters. The maximum absolute atomic E-state index is 13.7. The summed E-state index contributed by atoms with van der Waals surface area (Å²) in [5, 5.41) is 14.1. The minimum Gasteiger partial charge on any atom is -0.481 e. The molecule has 0 aromatic carbocycles. The molecule has 2 N–H and O–H groups in total. The Balaban J connectivity index is 1.02. The maximum Gasteiger partial charge on any atom is 0.309 e. The number of aliphatic carboxylic acids is 1. The summed E-state index contributed by atoms with van der Waals surface area (Å²) < 4.78 is 31.2. The number of rotatable bonds is 10. The van der Waals surface area contributed by atoms with E-state index in [1.54, 1.807) is 0 Å². The van der Waals surface area contributed by atoms with Gasteiger partial charge < -0.3 is 15.2 Å². The first-order valence-corrected chi connectivity index (χ1v) is 25.4. The minimum atomic E-state index is -2.91. The van der Waals surface area contributed by atoms with Crippen molar-refractivity contribution < 1.29 is 27.9 Å². The van der Waals surface area contributed by atoms with Gasteiger partial charge in [-0.15, -0.1) is 0 Å². The van der Waals surface area contributed by atoms with Crippen LogP contribution in [0.5, 0.6) is 0 Å². The van der Waals surface area contributed by atoms with Gasteiger partial charge in [0.2, 0.25) is 0 Å². The Morgan fingerprint density at radius 2 is 1.46 bits per heavy atom. The first-order chi connectivity index (χ1) is 26.4. The first kappa shape index (κ1) is 42.5. The first-order valence-electron chi connectivity index (χ1n) is 23.6. The highest BCUT2D eigenvalue weighted by Gasteiger charge is 2.71. The van der Waals surface area contributed by atoms with Gasteiger partial charge in [-0.2, -0.15) is 0 Å². The summed E-state index contributed by atoms with van der Waals surface area (Å²) in [5.74, 6) is 2.53. The summed E-state index contributed by atoms with van der Waals surface area (Å²) in [6, 6.07) is 0.354. The molecule has 9 heteroatoms. The van der Waals surface area contributed by atoms with Crippen molar-refractivity contribution in [2.45, 2.75) is 177 Å². The maximum atomic E-state index is 13.7. The van der Waals surface area contributed by atoms with Crippen LogP contribution in [-0.4, -0.2) is 79.2 Å². The van der Waals surface area contributed by atoms with Crippen molar-refractivity contribution in [3.05, 3.63) is 0 Å². The number of carboxylic acids is 1. The van der Waals surface area contributed by atoms with E-state index in [0.29, 0.717) is 72.1 Å². The fraction of sp³-hybridized carbons (Fsp3) is 0.958. The Hall–Kier alpha value is -1.19. The van der Waals surface area contributed by atoms with Crippen molar-refractivity contribution >= 4 is 21.8 Å². The Kier molecular flexibility index (Phi) is 10.4. The van der Waals surface area contributed by atoms with Gasteiger partial charge in [0.25, 0.3) is 0 Å². The Labute approximate surface area is 346 Å². The van der Waals surface area contributed by atoms with Crippen LogP contribution in [0.1, 0.15) is 159 Å². The van der Waals surface area contributed by atoms with Gasteiger partial charge in [0.15, 0.2) is 9.84 Å². The predicted molar refractivity (Wildman–Crippen MR) is 226 cm³/mol. The largest absolute Gasteiger partial charge is 0.481 e. The molecule has 8 nitrogen and oxygen atoms in total. The van der Waals surface area contributed by atoms with Crippen LogP contribution in [0.3, 0.4) is 0 Å². The van der Waals surface area contributed by atoms with Gasteiger partial charge in [-0.1, -0.05) is 69.2 Å². The van der Waals surface area contributed by atoms with Crippen molar-refractivity contribution in [1.82, 2.24) is 10.2 Å². The number of ether oxygens (including phenoxy) is 1. The van der Waals surface area contributed by atoms with Crippen LogP contribution in [0.15, 0.2) is 0 Å². The molecule has 0 aromatic rings. The zero-order valence-electron chi connectivity index (χ0n) is 37.6. The summed E-state index contributed by atoms with van der Waals surface area (Å²) in [5.41, 5.74) is 0.695. The second-order valence-electron chi connectivity index (χ2n) is 24.3. The quantitative estimate of drug-likeness (QED) is 0.210. The van der Waals surface area contributed by atoms with Gasteiger partial charge in [-0.25, -0.2) is 8.42 Å². The highest BCUT2D eigenvalue weighted by molar-refractivity contribution is 7.91. The number of carbonyl (C=O) groups is 2. The number of carboxylic acid groups (broad SMARTS) is 1. The van der Waals surface area contributed by atoms with Gasteiger partial charge >= 0.3 is 11.9 Å². The molecule has 0 radical (unpaired) electrons. The van der Waals surface area contributed by atoms with Crippen molar-refractivity contribution in [2.75, 3.05) is 31.1 Å². The third-order valence-corrected chi connectivity index (χ3v) is 22.4. The molecule has 57 heavy (non-hydrogen) atoms. The standard InChI is InChI=1S/C48H80N2O6S/c1-30(2)35(50-23-25-57(54,55)26-24-50)29-49-48-18-13-31(28-44(7)19-20-44)39(48)32-11-12-37-45(8)16-15-38(56-41(53)34-27-33(40(51)52)42(34,3)4)43(5,6)36(45)14-17-47(37,10)46(32,9)21-22-48/h30-39,49H,11-29H2,1-10H3,(H,51,52)/t31-,32+,33-,34+,35+,36-,37+,38-,39+,45-,46+,47+,48-/m0/s1. The number of hydrogen-bond donors (Lipinski definition) is 2. The number of sulfone groups is 1. The van der Waals surface area contributed by atoms with Crippen LogP contribution in [0.25, 0.3) is 0 Å². The second kappa shape index (κ2) is 13.9. The molecule has 1 aliphatic heterocycles. The number of nitrogens with zero attached hydrogens (tertiary/aromatic N) is 1. The third kappa shape index (κ3) is 6.63. The van der Waals surface area contributed by atoms with Crippen LogP contribution in [0.2, 0.25) is 0 Å². The molecule has 8 rings (SSSR count). The topological polar surface area (TPSA) is 113 Å². The lowest BCUT2D eigenvalue weighted by Crippen LogP contribution is -2.69. The van der Waals surface area contributed by atoms with Crippen LogP contribution in [-0.2, 0) is 24.2 Å². The molecule has 8 aliphatic rings. The van der Waals surface area contributed by atoms with Crippen LogP contribution < -0.4 is 5.32 Å². The van der Waals surface area contributed by atoms with E-state index in [0.717, 1.165) is 25.3 Å². The van der Waals surface area contributed by atoms with Gasteiger partial charge in [-0.3, -0.25) is 14.5 Å². The van der Waals surface area contributed by atoms with Gasteiger partial charge in [0.05, 0.1) is 23.3 Å². The molecule has 8 fully saturated rings. The number of hydrogen-bond acceptors (Lipinski definition) is 7. The Morgan fingerprint density at radius 1 is 0.772 bits per heavy atom. The zero-order chi connectivity index (χ0) is 41.4. The van der Waals surface area contributed by atoms with E-state index in [1.165, 1.54) is 70.6 Å². The fourth-order valence-corrected chi connectivity index (χ4v) is 17.9. The summed E-state index contributed by atoms with van der Waals surface area (Å²) in [4.78, 5) is 28.0. The molecule has 0 bridgehead atoms. The molecule has 7 saturated carbocycles. The molecule has 0 spiro atoms. The van der Waals surface area contributed by atoms with Gasteiger partial charge in [-0.05, 0) is 152 Å². The van der Waals surface area contributed by atoms with Crippen molar-refractivity contribution in [1.29, 1.82) is 0 Å². The molecule has 0 unspecified atom stereocenters. The van der Waals surface area contributed by atoms with E-state index in [2.05, 4.69) is 65.6 Å². The van der Waals surface area contributed by atoms with E-state index in [1.807, 2.05) is 13.8 Å². The molecule has 0 aromatic heterocycles. The Morgan fingerprint density at radius 3 is 2.07 bits per heavy atom. The normalized spacial score (nSPS) is 47.0. The van der Waals surface area contributed by atoms with E-state index in [4.69, 9.17) is 4.74 Å². The van der Waals surface area contributed by atoms with E-state index >= 15 is 0 Å². The summed E-state index contributed by atoms with van der Waals surface area (Å²) in [7, 11) is -2.91. The summed E-state index contributed by atoms with van der Waals surface area (Å²) in [6.07, 6.45) is 16.6. The zero-order valence-corrected chi connectivity index (χ0v) is 38.4. The van der Waals surface area contributed by atoms with E-state index in [9.17, 15) is 23.1 Å². The minimum absolute atomic E-state index is 0.132. The highest BCUT2D eigenvalue weighted by Crippen LogP contribution is 2.77. The lowest BCUT2D eigenvalue weighted by Gasteiger charge is -2.73. The number of esters is 1. The molecule has 0 amide bonds. The summed E-state index contributed by atoms with van der Waals surface area (Å²) in [6.45, 7) is 26.2. The smallest absolute Gasteiger partial charge is 0.309 e. The number of fused-ring (bicyclic) bond motifs is 7. The second-order valence-corrected chi connectivity index (χ2v) is 26.6. The third-order valence-electron chi connectivity index (χ3n) is 20.8. The molecule has 1 saturated heterocycles. The fourth-order valence-electron chi connectivity index (χ4n) is 16.6. The van der Waals surface area contributed by atoms with Gasteiger partial charge in [0, 0.05) is 36.6 Å². The average Bonchev–Trinajstić information content (AvgIpc) is 3.73. The van der Waals surface area contributed by atoms with Crippen LogP contribution >= 0.6 is 0 Å². The van der Waals surface area contributed by atoms with Crippen molar-refractivity contribution in [2.24, 2.45) is 79.8 Å². The molecule has 7 aliphatic carbocycles. The van der Waals surface area contributed by atoms with E-state index in [-0.39, 0.29) is 45.2 Å². The summed E-state index contributed by atoms with van der Waals surface area (Å²) >= 11 is 0.